The SMILES string of the molecule is Cc1ccc(CC(=O)N2CCc3ncn(C)c3C2)cc1. The van der Waals surface area contributed by atoms with Crippen molar-refractivity contribution in [1.82, 2.24) is 14.5 Å². The first-order valence-corrected chi connectivity index (χ1v) is 6.96. The molecule has 1 aromatic carbocycles. The highest BCUT2D eigenvalue weighted by molar-refractivity contribution is 5.79. The van der Waals surface area contributed by atoms with Crippen LogP contribution in [0.5, 0.6) is 0 Å². The molecule has 104 valence electrons. The average molecular weight is 269 g/mol. The molecule has 0 spiro atoms. The molecule has 0 bridgehead atoms. The fraction of sp³-hybridized carbons (Fsp3) is 0.375. The normalized spacial score (nSPS) is 14.2. The van der Waals surface area contributed by atoms with Crippen molar-refractivity contribution in [2.24, 2.45) is 7.05 Å². The van der Waals surface area contributed by atoms with Gasteiger partial charge in [-0.15, -0.1) is 0 Å². The topological polar surface area (TPSA) is 38.1 Å². The molecule has 0 radical (unpaired) electrons. The number of nitrogens with zero attached hydrogens (tertiary/aromatic N) is 3. The van der Waals surface area contributed by atoms with Crippen LogP contribution in [0.1, 0.15) is 22.5 Å². The van der Waals surface area contributed by atoms with E-state index >= 15 is 0 Å². The van der Waals surface area contributed by atoms with Crippen LogP contribution < -0.4 is 0 Å². The molecule has 0 unspecified atom stereocenters. The van der Waals surface area contributed by atoms with Gasteiger partial charge >= 0.3 is 0 Å². The van der Waals surface area contributed by atoms with E-state index < -0.39 is 0 Å². The highest BCUT2D eigenvalue weighted by Crippen LogP contribution is 2.18. The van der Waals surface area contributed by atoms with Crippen LogP contribution in [0.3, 0.4) is 0 Å². The van der Waals surface area contributed by atoms with E-state index in [4.69, 9.17) is 0 Å². The van der Waals surface area contributed by atoms with Crippen LogP contribution in [0.25, 0.3) is 0 Å². The molecule has 2 heterocycles. The number of aryl methyl sites for hydroxylation is 2. The summed E-state index contributed by atoms with van der Waals surface area (Å²) in [5.41, 5.74) is 4.59. The molecule has 0 N–H and O–H groups in total. The third-order valence-corrected chi connectivity index (χ3v) is 3.93. The van der Waals surface area contributed by atoms with Crippen LogP contribution in [-0.2, 0) is 31.2 Å². The first kappa shape index (κ1) is 12.9. The first-order chi connectivity index (χ1) is 9.63. The molecule has 0 saturated heterocycles. The van der Waals surface area contributed by atoms with Crippen molar-refractivity contribution < 1.29 is 4.79 Å². The Morgan fingerprint density at radius 1 is 1.30 bits per heavy atom. The first-order valence-electron chi connectivity index (χ1n) is 6.96. The molecular formula is C16H19N3O. The Kier molecular flexibility index (Phi) is 3.30. The number of aromatic nitrogens is 2. The van der Waals surface area contributed by atoms with Crippen LogP contribution in [0.4, 0.5) is 0 Å². The molecule has 1 amide bonds. The summed E-state index contributed by atoms with van der Waals surface area (Å²) in [6.45, 7) is 3.51. The van der Waals surface area contributed by atoms with Gasteiger partial charge in [-0.2, -0.15) is 0 Å². The van der Waals surface area contributed by atoms with Gasteiger partial charge in [0.15, 0.2) is 0 Å². The molecule has 4 nitrogen and oxygen atoms in total. The Bertz CT molecular complexity index is 628. The third-order valence-electron chi connectivity index (χ3n) is 3.93. The van der Waals surface area contributed by atoms with Gasteiger partial charge in [-0.05, 0) is 12.5 Å². The number of carbonyl (C=O) groups excluding carboxylic acids is 1. The summed E-state index contributed by atoms with van der Waals surface area (Å²) in [6.07, 6.45) is 3.17. The number of amides is 1. The van der Waals surface area contributed by atoms with Gasteiger partial charge in [0.1, 0.15) is 0 Å². The van der Waals surface area contributed by atoms with Gasteiger partial charge in [-0.1, -0.05) is 29.8 Å². The Morgan fingerprint density at radius 2 is 2.05 bits per heavy atom. The lowest BCUT2D eigenvalue weighted by atomic mass is 10.1. The molecule has 2 aromatic rings. The smallest absolute Gasteiger partial charge is 0.227 e. The summed E-state index contributed by atoms with van der Waals surface area (Å²) in [6, 6.07) is 8.18. The Morgan fingerprint density at radius 3 is 2.80 bits per heavy atom. The Balaban J connectivity index is 1.70. The molecule has 3 rings (SSSR count). The van der Waals surface area contributed by atoms with Crippen LogP contribution in [-0.4, -0.2) is 26.9 Å². The lowest BCUT2D eigenvalue weighted by molar-refractivity contribution is -0.131. The molecule has 0 fully saturated rings. The Labute approximate surface area is 119 Å². The van der Waals surface area contributed by atoms with Gasteiger partial charge in [0.2, 0.25) is 5.91 Å². The highest BCUT2D eigenvalue weighted by atomic mass is 16.2. The van der Waals surface area contributed by atoms with Crippen LogP contribution in [0.2, 0.25) is 0 Å². The summed E-state index contributed by atoms with van der Waals surface area (Å²) in [4.78, 5) is 18.7. The number of imidazole rings is 1. The monoisotopic (exact) mass is 269 g/mol. The van der Waals surface area contributed by atoms with E-state index in [1.54, 1.807) is 0 Å². The summed E-state index contributed by atoms with van der Waals surface area (Å²) in [7, 11) is 1.99. The number of fused-ring (bicyclic) bond motifs is 1. The summed E-state index contributed by atoms with van der Waals surface area (Å²) >= 11 is 0. The van der Waals surface area contributed by atoms with Gasteiger partial charge in [0, 0.05) is 20.0 Å². The molecule has 1 aliphatic heterocycles. The van der Waals surface area contributed by atoms with E-state index in [9.17, 15) is 4.79 Å². The van der Waals surface area contributed by atoms with E-state index in [2.05, 4.69) is 24.0 Å². The van der Waals surface area contributed by atoms with Crippen LogP contribution in [0.15, 0.2) is 30.6 Å². The number of benzene rings is 1. The van der Waals surface area contributed by atoms with Crippen LogP contribution >= 0.6 is 0 Å². The summed E-state index contributed by atoms with van der Waals surface area (Å²) in [5, 5.41) is 0. The standard InChI is InChI=1S/C16H19N3O/c1-12-3-5-13(6-4-12)9-16(20)19-8-7-14-15(10-19)18(2)11-17-14/h3-6,11H,7-10H2,1-2H3. The van der Waals surface area contributed by atoms with E-state index in [1.165, 1.54) is 5.56 Å². The Hall–Kier alpha value is -2.10. The molecule has 4 heteroatoms. The van der Waals surface area contributed by atoms with Gasteiger partial charge in [-0.3, -0.25) is 4.79 Å². The van der Waals surface area contributed by atoms with Crippen LogP contribution in [0, 0.1) is 6.92 Å². The van der Waals surface area contributed by atoms with E-state index in [1.807, 2.05) is 35.0 Å². The third kappa shape index (κ3) is 2.46. The zero-order valence-electron chi connectivity index (χ0n) is 12.0. The minimum atomic E-state index is 0.195. The molecule has 0 saturated carbocycles. The summed E-state index contributed by atoms with van der Waals surface area (Å²) in [5.74, 6) is 0.195. The lowest BCUT2D eigenvalue weighted by Crippen LogP contribution is -2.37. The minimum absolute atomic E-state index is 0.195. The number of rotatable bonds is 2. The van der Waals surface area contributed by atoms with E-state index in [-0.39, 0.29) is 5.91 Å². The van der Waals surface area contributed by atoms with Crippen molar-refractivity contribution in [1.29, 1.82) is 0 Å². The predicted octanol–water partition coefficient (Wildman–Crippen LogP) is 1.86. The highest BCUT2D eigenvalue weighted by Gasteiger charge is 2.23. The van der Waals surface area contributed by atoms with Crippen molar-refractivity contribution in [3.8, 4) is 0 Å². The van der Waals surface area contributed by atoms with Gasteiger partial charge in [0.05, 0.1) is 30.7 Å². The number of carbonyl (C=O) groups is 1. The van der Waals surface area contributed by atoms with Crippen molar-refractivity contribution in [2.45, 2.75) is 26.3 Å². The van der Waals surface area contributed by atoms with Gasteiger partial charge in [0.25, 0.3) is 0 Å². The zero-order valence-corrected chi connectivity index (χ0v) is 12.0. The molecule has 1 aromatic heterocycles. The molecule has 0 aliphatic carbocycles. The largest absolute Gasteiger partial charge is 0.336 e. The lowest BCUT2D eigenvalue weighted by Gasteiger charge is -2.27. The van der Waals surface area contributed by atoms with Crippen molar-refractivity contribution >= 4 is 5.91 Å². The summed E-state index contributed by atoms with van der Waals surface area (Å²) < 4.78 is 2.01. The van der Waals surface area contributed by atoms with Gasteiger partial charge in [-0.25, -0.2) is 4.98 Å². The number of hydrogen-bond donors (Lipinski definition) is 0. The maximum absolute atomic E-state index is 12.4. The molecule has 20 heavy (non-hydrogen) atoms. The predicted molar refractivity (Wildman–Crippen MR) is 77.2 cm³/mol. The molecule has 1 aliphatic rings. The van der Waals surface area contributed by atoms with E-state index in [0.29, 0.717) is 13.0 Å². The van der Waals surface area contributed by atoms with Crippen molar-refractivity contribution in [3.63, 3.8) is 0 Å². The maximum atomic E-state index is 12.4. The second-order valence-electron chi connectivity index (χ2n) is 5.48. The average Bonchev–Trinajstić information content (AvgIpc) is 2.82. The quantitative estimate of drug-likeness (QED) is 0.834. The fourth-order valence-corrected chi connectivity index (χ4v) is 2.62. The minimum Gasteiger partial charge on any atom is -0.336 e. The maximum Gasteiger partial charge on any atom is 0.227 e. The zero-order chi connectivity index (χ0) is 14.1. The second kappa shape index (κ2) is 5.12. The molecule has 0 atom stereocenters. The van der Waals surface area contributed by atoms with Gasteiger partial charge < -0.3 is 9.47 Å². The van der Waals surface area contributed by atoms with Crippen molar-refractivity contribution in [3.05, 3.63) is 53.1 Å². The number of hydrogen-bond acceptors (Lipinski definition) is 2. The van der Waals surface area contributed by atoms with Crippen molar-refractivity contribution in [2.75, 3.05) is 6.54 Å². The van der Waals surface area contributed by atoms with E-state index in [0.717, 1.165) is 29.9 Å². The second-order valence-corrected chi connectivity index (χ2v) is 5.48. The fourth-order valence-electron chi connectivity index (χ4n) is 2.62. The molecular weight excluding hydrogens is 250 g/mol.